The predicted octanol–water partition coefficient (Wildman–Crippen LogP) is 3.35. The molecule has 1 amide bonds. The van der Waals surface area contributed by atoms with Crippen molar-refractivity contribution in [3.05, 3.63) is 36.1 Å². The third-order valence-corrected chi connectivity index (χ3v) is 3.51. The van der Waals surface area contributed by atoms with Crippen LogP contribution < -0.4 is 5.32 Å². The first-order valence-electron chi connectivity index (χ1n) is 6.59. The SMILES string of the molecule is O=C(NCCCC1CC1)c1cccc2occc12. The monoisotopic (exact) mass is 243 g/mol. The van der Waals surface area contributed by atoms with E-state index in [0.717, 1.165) is 29.9 Å². The van der Waals surface area contributed by atoms with Crippen LogP contribution in [-0.4, -0.2) is 12.5 Å². The van der Waals surface area contributed by atoms with Crippen molar-refractivity contribution in [1.82, 2.24) is 5.32 Å². The summed E-state index contributed by atoms with van der Waals surface area (Å²) in [6.45, 7) is 0.767. The van der Waals surface area contributed by atoms with Gasteiger partial charge < -0.3 is 9.73 Å². The molecule has 3 nitrogen and oxygen atoms in total. The molecular formula is C15H17NO2. The highest BCUT2D eigenvalue weighted by Gasteiger charge is 2.20. The van der Waals surface area contributed by atoms with E-state index in [0.29, 0.717) is 5.56 Å². The van der Waals surface area contributed by atoms with Gasteiger partial charge in [0.1, 0.15) is 5.58 Å². The summed E-state index contributed by atoms with van der Waals surface area (Å²) in [5, 5.41) is 3.87. The number of nitrogens with one attached hydrogen (secondary N) is 1. The van der Waals surface area contributed by atoms with Crippen LogP contribution in [0.4, 0.5) is 0 Å². The summed E-state index contributed by atoms with van der Waals surface area (Å²) in [5.41, 5.74) is 1.47. The first kappa shape index (κ1) is 11.3. The maximum absolute atomic E-state index is 12.1. The third kappa shape index (κ3) is 2.40. The Morgan fingerprint density at radius 2 is 2.22 bits per heavy atom. The van der Waals surface area contributed by atoms with E-state index in [1.54, 1.807) is 6.26 Å². The Morgan fingerprint density at radius 1 is 1.33 bits per heavy atom. The molecule has 1 heterocycles. The summed E-state index contributed by atoms with van der Waals surface area (Å²) in [6.07, 6.45) is 6.70. The van der Waals surface area contributed by atoms with Crippen molar-refractivity contribution in [2.45, 2.75) is 25.7 Å². The normalized spacial score (nSPS) is 14.9. The molecule has 0 atom stereocenters. The zero-order valence-electron chi connectivity index (χ0n) is 10.3. The molecule has 0 aliphatic heterocycles. The average molecular weight is 243 g/mol. The molecule has 3 rings (SSSR count). The Hall–Kier alpha value is -1.77. The highest BCUT2D eigenvalue weighted by atomic mass is 16.3. The summed E-state index contributed by atoms with van der Waals surface area (Å²) in [6, 6.07) is 7.41. The van der Waals surface area contributed by atoms with Crippen molar-refractivity contribution in [1.29, 1.82) is 0 Å². The smallest absolute Gasteiger partial charge is 0.252 e. The minimum Gasteiger partial charge on any atom is -0.464 e. The van der Waals surface area contributed by atoms with Crippen LogP contribution in [0.5, 0.6) is 0 Å². The van der Waals surface area contributed by atoms with Gasteiger partial charge in [0.05, 0.1) is 11.8 Å². The van der Waals surface area contributed by atoms with Crippen molar-refractivity contribution in [3.8, 4) is 0 Å². The van der Waals surface area contributed by atoms with Crippen molar-refractivity contribution in [3.63, 3.8) is 0 Å². The Bertz CT molecular complexity index is 554. The molecule has 2 aromatic rings. The molecule has 0 spiro atoms. The predicted molar refractivity (Wildman–Crippen MR) is 70.5 cm³/mol. The quantitative estimate of drug-likeness (QED) is 0.818. The Kier molecular flexibility index (Phi) is 3.05. The van der Waals surface area contributed by atoms with Crippen molar-refractivity contribution >= 4 is 16.9 Å². The first-order valence-corrected chi connectivity index (χ1v) is 6.59. The molecule has 1 fully saturated rings. The molecular weight excluding hydrogens is 226 g/mol. The molecule has 0 unspecified atom stereocenters. The summed E-state index contributed by atoms with van der Waals surface area (Å²) in [7, 11) is 0. The van der Waals surface area contributed by atoms with Gasteiger partial charge in [0.2, 0.25) is 0 Å². The van der Waals surface area contributed by atoms with E-state index in [-0.39, 0.29) is 5.91 Å². The second-order valence-electron chi connectivity index (χ2n) is 4.98. The van der Waals surface area contributed by atoms with Crippen molar-refractivity contribution in [2.75, 3.05) is 6.54 Å². The largest absolute Gasteiger partial charge is 0.464 e. The summed E-state index contributed by atoms with van der Waals surface area (Å²) in [4.78, 5) is 12.1. The number of benzene rings is 1. The summed E-state index contributed by atoms with van der Waals surface area (Å²) < 4.78 is 5.29. The minimum atomic E-state index is -0.00204. The van der Waals surface area contributed by atoms with Crippen LogP contribution >= 0.6 is 0 Å². The van der Waals surface area contributed by atoms with Gasteiger partial charge in [-0.15, -0.1) is 0 Å². The highest BCUT2D eigenvalue weighted by Crippen LogP contribution is 2.33. The van der Waals surface area contributed by atoms with Gasteiger partial charge in [0.25, 0.3) is 5.91 Å². The van der Waals surface area contributed by atoms with Crippen LogP contribution in [0.2, 0.25) is 0 Å². The number of furan rings is 1. The van der Waals surface area contributed by atoms with E-state index in [9.17, 15) is 4.79 Å². The fourth-order valence-electron chi connectivity index (χ4n) is 2.29. The van der Waals surface area contributed by atoms with Crippen LogP contribution in [0, 0.1) is 5.92 Å². The fraction of sp³-hybridized carbons (Fsp3) is 0.400. The van der Waals surface area contributed by atoms with Crippen LogP contribution in [0.15, 0.2) is 34.9 Å². The Morgan fingerprint density at radius 3 is 3.06 bits per heavy atom. The van der Waals surface area contributed by atoms with Gasteiger partial charge in [-0.3, -0.25) is 4.79 Å². The average Bonchev–Trinajstić information content (AvgIpc) is 3.08. The van der Waals surface area contributed by atoms with Gasteiger partial charge in [0.15, 0.2) is 0 Å². The number of hydrogen-bond acceptors (Lipinski definition) is 2. The van der Waals surface area contributed by atoms with Gasteiger partial charge in [-0.1, -0.05) is 18.9 Å². The minimum absolute atomic E-state index is 0.00204. The molecule has 0 saturated heterocycles. The lowest BCUT2D eigenvalue weighted by Gasteiger charge is -2.05. The third-order valence-electron chi connectivity index (χ3n) is 3.51. The molecule has 1 aromatic heterocycles. The number of fused-ring (bicyclic) bond motifs is 1. The molecule has 1 aliphatic carbocycles. The van der Waals surface area contributed by atoms with E-state index in [1.807, 2.05) is 24.3 Å². The fourth-order valence-corrected chi connectivity index (χ4v) is 2.29. The number of rotatable bonds is 5. The molecule has 3 heteroatoms. The Balaban J connectivity index is 1.62. The number of hydrogen-bond donors (Lipinski definition) is 1. The number of amides is 1. The van der Waals surface area contributed by atoms with Gasteiger partial charge in [0, 0.05) is 11.9 Å². The number of carbonyl (C=O) groups is 1. The summed E-state index contributed by atoms with van der Waals surface area (Å²) >= 11 is 0. The molecule has 1 N–H and O–H groups in total. The zero-order valence-corrected chi connectivity index (χ0v) is 10.3. The van der Waals surface area contributed by atoms with E-state index in [4.69, 9.17) is 4.42 Å². The lowest BCUT2D eigenvalue weighted by Crippen LogP contribution is -2.24. The molecule has 1 saturated carbocycles. The Labute approximate surface area is 106 Å². The molecule has 1 aliphatic rings. The molecule has 1 aromatic carbocycles. The second-order valence-corrected chi connectivity index (χ2v) is 4.98. The summed E-state index contributed by atoms with van der Waals surface area (Å²) in [5.74, 6) is 0.928. The zero-order chi connectivity index (χ0) is 12.4. The molecule has 18 heavy (non-hydrogen) atoms. The van der Waals surface area contributed by atoms with E-state index < -0.39 is 0 Å². The lowest BCUT2D eigenvalue weighted by molar-refractivity contribution is 0.0954. The van der Waals surface area contributed by atoms with E-state index in [2.05, 4.69) is 5.32 Å². The van der Waals surface area contributed by atoms with Gasteiger partial charge in [-0.2, -0.15) is 0 Å². The van der Waals surface area contributed by atoms with Crippen molar-refractivity contribution < 1.29 is 9.21 Å². The molecule has 94 valence electrons. The highest BCUT2D eigenvalue weighted by molar-refractivity contribution is 6.05. The van der Waals surface area contributed by atoms with E-state index >= 15 is 0 Å². The maximum Gasteiger partial charge on any atom is 0.252 e. The van der Waals surface area contributed by atoms with Gasteiger partial charge >= 0.3 is 0 Å². The maximum atomic E-state index is 12.1. The lowest BCUT2D eigenvalue weighted by atomic mass is 10.1. The standard InChI is InChI=1S/C15H17NO2/c17-15(16-9-2-3-11-6-7-11)13-4-1-5-14-12(13)8-10-18-14/h1,4-5,8,10-11H,2-3,6-7,9H2,(H,16,17). The van der Waals surface area contributed by atoms with Crippen LogP contribution in [0.25, 0.3) is 11.0 Å². The van der Waals surface area contributed by atoms with Gasteiger partial charge in [-0.05, 0) is 37.0 Å². The number of carbonyl (C=O) groups excluding carboxylic acids is 1. The van der Waals surface area contributed by atoms with Crippen LogP contribution in [0.1, 0.15) is 36.0 Å². The van der Waals surface area contributed by atoms with Crippen LogP contribution in [0.3, 0.4) is 0 Å². The first-order chi connectivity index (χ1) is 8.84. The van der Waals surface area contributed by atoms with E-state index in [1.165, 1.54) is 19.3 Å². The molecule has 0 radical (unpaired) electrons. The van der Waals surface area contributed by atoms with Crippen molar-refractivity contribution in [2.24, 2.45) is 5.92 Å². The van der Waals surface area contributed by atoms with Crippen LogP contribution in [-0.2, 0) is 0 Å². The second kappa shape index (κ2) is 4.84. The topological polar surface area (TPSA) is 42.2 Å². The molecule has 0 bridgehead atoms. The van der Waals surface area contributed by atoms with Gasteiger partial charge in [-0.25, -0.2) is 0 Å².